The third-order valence-electron chi connectivity index (χ3n) is 5.00. The van der Waals surface area contributed by atoms with Crippen LogP contribution in [0.15, 0.2) is 49.1 Å². The van der Waals surface area contributed by atoms with Crippen LogP contribution in [0.25, 0.3) is 0 Å². The van der Waals surface area contributed by atoms with Gasteiger partial charge in [0.25, 0.3) is 5.91 Å². The van der Waals surface area contributed by atoms with E-state index in [0.717, 1.165) is 5.56 Å². The average Bonchev–Trinajstić information content (AvgIpc) is 2.75. The summed E-state index contributed by atoms with van der Waals surface area (Å²) in [7, 11) is 0. The number of carbonyl (C=O) groups is 3. The number of aryl methyl sites for hydroxylation is 2. The monoisotopic (exact) mass is 501 g/mol. The normalized spacial score (nSPS) is 11.8. The summed E-state index contributed by atoms with van der Waals surface area (Å²) in [5.74, 6) is -0.987. The molecule has 188 valence electrons. The molecule has 0 aromatic heterocycles. The Morgan fingerprint density at radius 2 is 1.86 bits per heavy atom. The second-order valence-corrected chi connectivity index (χ2v) is 9.47. The van der Waals surface area contributed by atoms with Crippen molar-refractivity contribution in [3.05, 3.63) is 70.8 Å². The van der Waals surface area contributed by atoms with Gasteiger partial charge in [0.2, 0.25) is 5.91 Å². The Labute approximate surface area is 210 Å². The molecule has 3 amide bonds. The van der Waals surface area contributed by atoms with Crippen LogP contribution in [0.2, 0.25) is 5.02 Å². The maximum Gasteiger partial charge on any atom is 0.408 e. The highest BCUT2D eigenvalue weighted by Gasteiger charge is 2.32. The lowest BCUT2D eigenvalue weighted by molar-refractivity contribution is -0.137. The lowest BCUT2D eigenvalue weighted by Crippen LogP contribution is -2.46. The van der Waals surface area contributed by atoms with E-state index >= 15 is 0 Å². The van der Waals surface area contributed by atoms with Gasteiger partial charge in [0, 0.05) is 6.54 Å². The predicted molar refractivity (Wildman–Crippen MR) is 137 cm³/mol. The van der Waals surface area contributed by atoms with Crippen molar-refractivity contribution in [3.63, 3.8) is 0 Å². The first kappa shape index (κ1) is 27.7. The van der Waals surface area contributed by atoms with Gasteiger partial charge in [0.05, 0.1) is 10.7 Å². The van der Waals surface area contributed by atoms with Gasteiger partial charge in [-0.15, -0.1) is 6.58 Å². The van der Waals surface area contributed by atoms with Crippen LogP contribution in [0.5, 0.6) is 5.75 Å². The molecule has 0 saturated carbocycles. The number of nitrogens with one attached hydrogen (secondary N) is 2. The van der Waals surface area contributed by atoms with Gasteiger partial charge >= 0.3 is 6.09 Å². The number of nitrogens with zero attached hydrogens (tertiary/aromatic N) is 1. The van der Waals surface area contributed by atoms with Gasteiger partial charge in [-0.05, 0) is 69.5 Å². The van der Waals surface area contributed by atoms with Crippen molar-refractivity contribution in [2.45, 2.75) is 46.3 Å². The van der Waals surface area contributed by atoms with Crippen molar-refractivity contribution >= 4 is 35.2 Å². The van der Waals surface area contributed by atoms with Gasteiger partial charge in [-0.1, -0.05) is 35.9 Å². The topological polar surface area (TPSA) is 108 Å². The summed E-state index contributed by atoms with van der Waals surface area (Å²) in [4.78, 5) is 40.2. The number of aromatic hydroxyl groups is 1. The zero-order chi connectivity index (χ0) is 26.3. The Hall–Kier alpha value is -3.52. The van der Waals surface area contributed by atoms with E-state index in [0.29, 0.717) is 21.8 Å². The molecule has 0 spiro atoms. The number of benzene rings is 2. The van der Waals surface area contributed by atoms with Crippen LogP contribution in [0.1, 0.15) is 43.5 Å². The second-order valence-electron chi connectivity index (χ2n) is 9.06. The molecule has 0 aliphatic carbocycles. The van der Waals surface area contributed by atoms with Crippen LogP contribution in [0, 0.1) is 13.8 Å². The minimum atomic E-state index is -1.10. The molecular weight excluding hydrogens is 470 g/mol. The molecule has 1 unspecified atom stereocenters. The van der Waals surface area contributed by atoms with Crippen molar-refractivity contribution < 1.29 is 24.2 Å². The third kappa shape index (κ3) is 7.75. The third-order valence-corrected chi connectivity index (χ3v) is 5.31. The summed E-state index contributed by atoms with van der Waals surface area (Å²) < 4.78 is 5.19. The molecule has 0 fully saturated rings. The standard InChI is InChI=1S/C26H32ClN3O5/c1-7-13-30(21(32)15-28-25(34)35-26(4,5)6)23(18-11-12-20(31)17(3)14-18)24(33)29-22-16(2)9-8-10-19(22)27/h7-12,14,23,31H,1,13,15H2,2-6H3,(H,28,34)(H,29,33). The number of hydrogen-bond donors (Lipinski definition) is 3. The van der Waals surface area contributed by atoms with Gasteiger partial charge in [0.15, 0.2) is 0 Å². The Kier molecular flexibility index (Phi) is 9.31. The number of phenolic OH excluding ortho intramolecular Hbond substituents is 1. The molecule has 2 aromatic rings. The van der Waals surface area contributed by atoms with E-state index < -0.39 is 36.1 Å². The Morgan fingerprint density at radius 1 is 1.17 bits per heavy atom. The number of alkyl carbamates (subject to hydrolysis) is 1. The largest absolute Gasteiger partial charge is 0.508 e. The van der Waals surface area contributed by atoms with Crippen LogP contribution in [0.4, 0.5) is 10.5 Å². The first-order valence-corrected chi connectivity index (χ1v) is 11.4. The fraction of sp³-hybridized carbons (Fsp3) is 0.346. The van der Waals surface area contributed by atoms with E-state index in [-0.39, 0.29) is 12.3 Å². The number of halogens is 1. The quantitative estimate of drug-likeness (QED) is 0.447. The number of hydrogen-bond acceptors (Lipinski definition) is 5. The van der Waals surface area contributed by atoms with Gasteiger partial charge in [0.1, 0.15) is 23.9 Å². The van der Waals surface area contributed by atoms with Gasteiger partial charge in [-0.3, -0.25) is 9.59 Å². The van der Waals surface area contributed by atoms with Crippen LogP contribution < -0.4 is 10.6 Å². The molecule has 0 bridgehead atoms. The molecule has 0 aliphatic rings. The van der Waals surface area contributed by atoms with Gasteiger partial charge in [-0.25, -0.2) is 4.79 Å². The van der Waals surface area contributed by atoms with E-state index in [1.165, 1.54) is 17.0 Å². The van der Waals surface area contributed by atoms with Crippen molar-refractivity contribution in [2.75, 3.05) is 18.4 Å². The first-order valence-electron chi connectivity index (χ1n) is 11.1. The van der Waals surface area contributed by atoms with Crippen LogP contribution in [-0.4, -0.2) is 46.6 Å². The molecule has 9 heteroatoms. The summed E-state index contributed by atoms with van der Waals surface area (Å²) in [6, 6.07) is 8.78. The molecule has 3 N–H and O–H groups in total. The first-order chi connectivity index (χ1) is 16.3. The zero-order valence-electron chi connectivity index (χ0n) is 20.6. The Morgan fingerprint density at radius 3 is 2.43 bits per heavy atom. The molecule has 8 nitrogen and oxygen atoms in total. The number of rotatable bonds is 8. The highest BCUT2D eigenvalue weighted by atomic mass is 35.5. The van der Waals surface area contributed by atoms with E-state index in [2.05, 4.69) is 17.2 Å². The second kappa shape index (κ2) is 11.8. The van der Waals surface area contributed by atoms with Crippen molar-refractivity contribution in [2.24, 2.45) is 0 Å². The molecular formula is C26H32ClN3O5. The predicted octanol–water partition coefficient (Wildman–Crippen LogP) is 4.88. The average molecular weight is 502 g/mol. The van der Waals surface area contributed by atoms with Crippen molar-refractivity contribution in [3.8, 4) is 5.75 Å². The van der Waals surface area contributed by atoms with E-state index in [4.69, 9.17) is 16.3 Å². The van der Waals surface area contributed by atoms with Crippen LogP contribution in [-0.2, 0) is 14.3 Å². The zero-order valence-corrected chi connectivity index (χ0v) is 21.4. The molecule has 0 radical (unpaired) electrons. The fourth-order valence-electron chi connectivity index (χ4n) is 3.36. The lowest BCUT2D eigenvalue weighted by Gasteiger charge is -2.31. The molecule has 35 heavy (non-hydrogen) atoms. The maximum absolute atomic E-state index is 13.6. The smallest absolute Gasteiger partial charge is 0.408 e. The number of phenols is 1. The minimum Gasteiger partial charge on any atom is -0.508 e. The number of carbonyl (C=O) groups excluding carboxylic acids is 3. The Balaban J connectivity index is 2.42. The van der Waals surface area contributed by atoms with Crippen molar-refractivity contribution in [1.82, 2.24) is 10.2 Å². The van der Waals surface area contributed by atoms with Gasteiger partial charge < -0.3 is 25.4 Å². The summed E-state index contributed by atoms with van der Waals surface area (Å²) in [6.07, 6.45) is 0.734. The van der Waals surface area contributed by atoms with Crippen LogP contribution in [0.3, 0.4) is 0 Å². The fourth-order valence-corrected chi connectivity index (χ4v) is 3.63. The molecule has 0 saturated heterocycles. The maximum atomic E-state index is 13.6. The highest BCUT2D eigenvalue weighted by molar-refractivity contribution is 6.34. The lowest BCUT2D eigenvalue weighted by atomic mass is 10.0. The highest BCUT2D eigenvalue weighted by Crippen LogP contribution is 2.30. The number of ether oxygens (including phenoxy) is 1. The summed E-state index contributed by atoms with van der Waals surface area (Å²) >= 11 is 6.30. The molecule has 2 aromatic carbocycles. The van der Waals surface area contributed by atoms with Gasteiger partial charge in [-0.2, -0.15) is 0 Å². The molecule has 2 rings (SSSR count). The van der Waals surface area contributed by atoms with Crippen LogP contribution >= 0.6 is 11.6 Å². The summed E-state index contributed by atoms with van der Waals surface area (Å²) in [5.41, 5.74) is 1.45. The molecule has 0 heterocycles. The number of anilines is 1. The summed E-state index contributed by atoms with van der Waals surface area (Å²) in [5, 5.41) is 15.6. The van der Waals surface area contributed by atoms with E-state index in [1.54, 1.807) is 65.0 Å². The minimum absolute atomic E-state index is 0.0222. The molecule has 1 atom stereocenters. The van der Waals surface area contributed by atoms with E-state index in [1.807, 2.05) is 0 Å². The van der Waals surface area contributed by atoms with Crippen molar-refractivity contribution in [1.29, 1.82) is 0 Å². The molecule has 0 aliphatic heterocycles. The van der Waals surface area contributed by atoms with E-state index in [9.17, 15) is 19.5 Å². The Bertz CT molecular complexity index is 1090. The number of amides is 3. The SMILES string of the molecule is C=CCN(C(=O)CNC(=O)OC(C)(C)C)C(C(=O)Nc1c(C)cccc1Cl)c1ccc(O)c(C)c1. The summed E-state index contributed by atoms with van der Waals surface area (Å²) in [6.45, 7) is 12.0. The number of para-hydroxylation sites is 1.